The Morgan fingerprint density at radius 1 is 1.43 bits per heavy atom. The summed E-state index contributed by atoms with van der Waals surface area (Å²) in [6.07, 6.45) is 2.89. The number of halogens is 1. The third-order valence-electron chi connectivity index (χ3n) is 3.34. The molecule has 1 heterocycles. The van der Waals surface area contributed by atoms with E-state index in [-0.39, 0.29) is 0 Å². The lowest BCUT2D eigenvalue weighted by Crippen LogP contribution is -2.27. The predicted molar refractivity (Wildman–Crippen MR) is 82.8 cm³/mol. The van der Waals surface area contributed by atoms with Gasteiger partial charge in [0.2, 0.25) is 11.7 Å². The van der Waals surface area contributed by atoms with Crippen LogP contribution in [-0.4, -0.2) is 30.3 Å². The zero-order chi connectivity index (χ0) is 15.2. The molecule has 0 aliphatic heterocycles. The van der Waals surface area contributed by atoms with Crippen LogP contribution in [0.1, 0.15) is 25.7 Å². The molecule has 0 radical (unpaired) electrons. The van der Waals surface area contributed by atoms with Crippen molar-refractivity contribution in [2.24, 2.45) is 0 Å². The summed E-state index contributed by atoms with van der Waals surface area (Å²) in [4.78, 5) is 4.45. The minimum absolute atomic E-state index is 0.343. The zero-order valence-electron chi connectivity index (χ0n) is 12.5. The molecule has 5 nitrogen and oxygen atoms in total. The van der Waals surface area contributed by atoms with Gasteiger partial charge in [-0.15, -0.1) is 0 Å². The van der Waals surface area contributed by atoms with Gasteiger partial charge in [-0.1, -0.05) is 30.1 Å². The molecule has 0 fully saturated rings. The van der Waals surface area contributed by atoms with E-state index in [1.807, 2.05) is 13.1 Å². The smallest absolute Gasteiger partial charge is 0.228 e. The quantitative estimate of drug-likeness (QED) is 0.850. The van der Waals surface area contributed by atoms with Crippen LogP contribution in [0.3, 0.4) is 0 Å². The first-order chi connectivity index (χ1) is 10.2. The van der Waals surface area contributed by atoms with Crippen molar-refractivity contribution < 1.29 is 9.26 Å². The Labute approximate surface area is 129 Å². The number of nitrogens with one attached hydrogen (secondary N) is 1. The van der Waals surface area contributed by atoms with E-state index in [0.717, 1.165) is 18.4 Å². The average molecular weight is 310 g/mol. The number of ether oxygens (including phenoxy) is 1. The van der Waals surface area contributed by atoms with E-state index >= 15 is 0 Å². The molecule has 0 aliphatic rings. The molecule has 1 N–H and O–H groups in total. The highest BCUT2D eigenvalue weighted by molar-refractivity contribution is 6.30. The number of aromatic nitrogens is 2. The molecule has 2 rings (SSSR count). The molecule has 2 aromatic rings. The zero-order valence-corrected chi connectivity index (χ0v) is 13.3. The lowest BCUT2D eigenvalue weighted by Gasteiger charge is -2.11. The van der Waals surface area contributed by atoms with Gasteiger partial charge in [-0.25, -0.2) is 0 Å². The fourth-order valence-electron chi connectivity index (χ4n) is 2.20. The lowest BCUT2D eigenvalue weighted by molar-refractivity contribution is 0.355. The van der Waals surface area contributed by atoms with Gasteiger partial charge in [0.1, 0.15) is 5.75 Å². The molecule has 21 heavy (non-hydrogen) atoms. The molecule has 0 spiro atoms. The summed E-state index contributed by atoms with van der Waals surface area (Å²) in [7, 11) is 3.54. The summed E-state index contributed by atoms with van der Waals surface area (Å²) in [6.45, 7) is 2.15. The lowest BCUT2D eigenvalue weighted by atomic mass is 10.1. The van der Waals surface area contributed by atoms with Gasteiger partial charge in [-0.3, -0.25) is 0 Å². The second kappa shape index (κ2) is 7.43. The number of hydrogen-bond donors (Lipinski definition) is 1. The van der Waals surface area contributed by atoms with Crippen molar-refractivity contribution >= 4 is 11.6 Å². The van der Waals surface area contributed by atoms with E-state index in [4.69, 9.17) is 20.9 Å². The topological polar surface area (TPSA) is 60.2 Å². The van der Waals surface area contributed by atoms with E-state index in [0.29, 0.717) is 34.9 Å². The standard InChI is InChI=1S/C15H20ClN3O2/c1-4-5-11(17-2)9-14-18-15(19-21-14)12-7-6-10(16)8-13(12)20-3/h6-8,11,17H,4-5,9H2,1-3H3. The van der Waals surface area contributed by atoms with E-state index in [1.165, 1.54) is 0 Å². The molecule has 1 unspecified atom stereocenters. The first-order valence-electron chi connectivity index (χ1n) is 7.01. The van der Waals surface area contributed by atoms with Crippen molar-refractivity contribution in [3.63, 3.8) is 0 Å². The Hall–Kier alpha value is -1.59. The first kappa shape index (κ1) is 15.8. The van der Waals surface area contributed by atoms with Crippen LogP contribution in [0.25, 0.3) is 11.4 Å². The van der Waals surface area contributed by atoms with Crippen LogP contribution in [-0.2, 0) is 6.42 Å². The fourth-order valence-corrected chi connectivity index (χ4v) is 2.37. The molecule has 1 atom stereocenters. The van der Waals surface area contributed by atoms with Crippen molar-refractivity contribution in [2.45, 2.75) is 32.2 Å². The fraction of sp³-hybridized carbons (Fsp3) is 0.467. The largest absolute Gasteiger partial charge is 0.496 e. The number of benzene rings is 1. The van der Waals surface area contributed by atoms with Gasteiger partial charge in [-0.05, 0) is 31.7 Å². The Bertz CT molecular complexity index is 586. The molecule has 114 valence electrons. The van der Waals surface area contributed by atoms with Crippen LogP contribution >= 0.6 is 11.6 Å². The Morgan fingerprint density at radius 2 is 2.24 bits per heavy atom. The number of likely N-dealkylation sites (N-methyl/N-ethyl adjacent to an activating group) is 1. The van der Waals surface area contributed by atoms with Gasteiger partial charge in [0.05, 0.1) is 12.7 Å². The summed E-state index contributed by atoms with van der Waals surface area (Å²) in [5, 5.41) is 7.90. The molecule has 0 amide bonds. The molecule has 0 aliphatic carbocycles. The van der Waals surface area contributed by atoms with Crippen molar-refractivity contribution in [1.29, 1.82) is 0 Å². The molecule has 1 aromatic heterocycles. The van der Waals surface area contributed by atoms with E-state index < -0.39 is 0 Å². The average Bonchev–Trinajstić information content (AvgIpc) is 2.94. The number of nitrogens with zero attached hydrogens (tertiary/aromatic N) is 2. The highest BCUT2D eigenvalue weighted by Gasteiger charge is 2.16. The SMILES string of the molecule is CCCC(Cc1nc(-c2ccc(Cl)cc2OC)no1)NC. The van der Waals surface area contributed by atoms with Gasteiger partial charge >= 0.3 is 0 Å². The minimum Gasteiger partial charge on any atom is -0.496 e. The second-order valence-corrected chi connectivity index (χ2v) is 5.27. The van der Waals surface area contributed by atoms with Crippen LogP contribution in [0.5, 0.6) is 5.75 Å². The molecular weight excluding hydrogens is 290 g/mol. The minimum atomic E-state index is 0.343. The number of methoxy groups -OCH3 is 1. The highest BCUT2D eigenvalue weighted by atomic mass is 35.5. The summed E-state index contributed by atoms with van der Waals surface area (Å²) >= 11 is 5.96. The summed E-state index contributed by atoms with van der Waals surface area (Å²) in [6, 6.07) is 5.69. The maximum absolute atomic E-state index is 5.96. The van der Waals surface area contributed by atoms with Gasteiger partial charge < -0.3 is 14.6 Å². The van der Waals surface area contributed by atoms with E-state index in [1.54, 1.807) is 19.2 Å². The second-order valence-electron chi connectivity index (χ2n) is 4.83. The summed E-state index contributed by atoms with van der Waals surface area (Å²) in [5.41, 5.74) is 0.772. The molecule has 0 saturated heterocycles. The monoisotopic (exact) mass is 309 g/mol. The van der Waals surface area contributed by atoms with Crippen LogP contribution in [0.4, 0.5) is 0 Å². The molecule has 1 aromatic carbocycles. The third kappa shape index (κ3) is 3.95. The molecule has 0 saturated carbocycles. The number of rotatable bonds is 7. The highest BCUT2D eigenvalue weighted by Crippen LogP contribution is 2.30. The molecule has 0 bridgehead atoms. The third-order valence-corrected chi connectivity index (χ3v) is 3.57. The van der Waals surface area contributed by atoms with E-state index in [9.17, 15) is 0 Å². The van der Waals surface area contributed by atoms with Gasteiger partial charge in [0.25, 0.3) is 0 Å². The Morgan fingerprint density at radius 3 is 2.90 bits per heavy atom. The predicted octanol–water partition coefficient (Wildman–Crippen LogP) is 3.33. The molecular formula is C15H20ClN3O2. The maximum atomic E-state index is 5.96. The van der Waals surface area contributed by atoms with Crippen molar-refractivity contribution in [1.82, 2.24) is 15.5 Å². The Balaban J connectivity index is 2.20. The van der Waals surface area contributed by atoms with Crippen LogP contribution in [0.15, 0.2) is 22.7 Å². The number of hydrogen-bond acceptors (Lipinski definition) is 5. The van der Waals surface area contributed by atoms with Crippen molar-refractivity contribution in [3.05, 3.63) is 29.1 Å². The van der Waals surface area contributed by atoms with Crippen molar-refractivity contribution in [2.75, 3.05) is 14.2 Å². The van der Waals surface area contributed by atoms with E-state index in [2.05, 4.69) is 22.4 Å². The van der Waals surface area contributed by atoms with Crippen molar-refractivity contribution in [3.8, 4) is 17.1 Å². The van der Waals surface area contributed by atoms with Gasteiger partial charge in [0, 0.05) is 17.5 Å². The summed E-state index contributed by atoms with van der Waals surface area (Å²) in [5.74, 6) is 1.77. The normalized spacial score (nSPS) is 12.4. The first-order valence-corrected chi connectivity index (χ1v) is 7.39. The van der Waals surface area contributed by atoms with Crippen LogP contribution in [0, 0.1) is 0 Å². The van der Waals surface area contributed by atoms with Gasteiger partial charge in [-0.2, -0.15) is 4.98 Å². The maximum Gasteiger partial charge on any atom is 0.228 e. The summed E-state index contributed by atoms with van der Waals surface area (Å²) < 4.78 is 10.7. The van der Waals surface area contributed by atoms with Crippen LogP contribution in [0.2, 0.25) is 5.02 Å². The van der Waals surface area contributed by atoms with Gasteiger partial charge in [0.15, 0.2) is 0 Å². The Kier molecular flexibility index (Phi) is 5.59. The van der Waals surface area contributed by atoms with Crippen LogP contribution < -0.4 is 10.1 Å². The molecule has 6 heteroatoms.